The molecule has 2 amide bonds. The molecule has 4 rings (SSSR count). The zero-order chi connectivity index (χ0) is 21.8. The number of carbonyl (C=O) groups excluding carboxylic acids is 2. The summed E-state index contributed by atoms with van der Waals surface area (Å²) >= 11 is 0. The highest BCUT2D eigenvalue weighted by Gasteiger charge is 2.24. The van der Waals surface area contributed by atoms with Crippen molar-refractivity contribution in [2.75, 3.05) is 16.8 Å². The fourth-order valence-electron chi connectivity index (χ4n) is 3.40. The third-order valence-electron chi connectivity index (χ3n) is 4.96. The summed E-state index contributed by atoms with van der Waals surface area (Å²) in [6.07, 6.45) is 2.17. The number of hydrogen-bond donors (Lipinski definition) is 1. The number of nitrogens with one attached hydrogen (secondary N) is 1. The van der Waals surface area contributed by atoms with Crippen LogP contribution < -0.4 is 10.2 Å². The number of aromatic nitrogens is 2. The van der Waals surface area contributed by atoms with E-state index in [0.29, 0.717) is 55.2 Å². The van der Waals surface area contributed by atoms with Gasteiger partial charge in [-0.2, -0.15) is 4.98 Å². The standard InChI is InChI=1S/C22H20F2N4O3/c23-15-8-6-14(7-9-15)22-26-20(31-27-22)4-1-3-19(29)25-16-10-11-18(17(24)13-16)28-12-2-5-21(28)30/h6-11,13H,1-5,12H2,(H,25,29). The van der Waals surface area contributed by atoms with E-state index in [1.165, 1.54) is 29.2 Å². The summed E-state index contributed by atoms with van der Waals surface area (Å²) in [6, 6.07) is 10.0. The van der Waals surface area contributed by atoms with Crippen LogP contribution in [0.3, 0.4) is 0 Å². The van der Waals surface area contributed by atoms with Gasteiger partial charge in [0.1, 0.15) is 11.6 Å². The quantitative estimate of drug-likeness (QED) is 0.615. The van der Waals surface area contributed by atoms with E-state index in [2.05, 4.69) is 15.5 Å². The molecule has 0 bridgehead atoms. The summed E-state index contributed by atoms with van der Waals surface area (Å²) in [5.74, 6) is -0.545. The van der Waals surface area contributed by atoms with Gasteiger partial charge in [0.05, 0.1) is 5.69 Å². The predicted molar refractivity (Wildman–Crippen MR) is 109 cm³/mol. The van der Waals surface area contributed by atoms with Crippen LogP contribution in [0.5, 0.6) is 0 Å². The van der Waals surface area contributed by atoms with Gasteiger partial charge in [0, 0.05) is 37.1 Å². The van der Waals surface area contributed by atoms with Crippen molar-refractivity contribution in [1.29, 1.82) is 0 Å². The summed E-state index contributed by atoms with van der Waals surface area (Å²) in [5.41, 5.74) is 1.19. The summed E-state index contributed by atoms with van der Waals surface area (Å²) in [7, 11) is 0. The van der Waals surface area contributed by atoms with Gasteiger partial charge in [0.15, 0.2) is 0 Å². The van der Waals surface area contributed by atoms with E-state index in [1.807, 2.05) is 0 Å². The Balaban J connectivity index is 1.27. The number of anilines is 2. The molecule has 160 valence electrons. The van der Waals surface area contributed by atoms with Crippen LogP contribution in [0.25, 0.3) is 11.4 Å². The SMILES string of the molecule is O=C(CCCc1nc(-c2ccc(F)cc2)no1)Nc1ccc(N2CCCC2=O)c(F)c1. The van der Waals surface area contributed by atoms with Crippen molar-refractivity contribution in [1.82, 2.24) is 10.1 Å². The molecule has 31 heavy (non-hydrogen) atoms. The van der Waals surface area contributed by atoms with Crippen molar-refractivity contribution in [3.63, 3.8) is 0 Å². The predicted octanol–water partition coefficient (Wildman–Crippen LogP) is 4.10. The van der Waals surface area contributed by atoms with E-state index < -0.39 is 5.82 Å². The second-order valence-electron chi connectivity index (χ2n) is 7.24. The number of amides is 2. The number of halogens is 2. The first kappa shape index (κ1) is 20.6. The molecule has 3 aromatic rings. The highest BCUT2D eigenvalue weighted by molar-refractivity contribution is 5.96. The van der Waals surface area contributed by atoms with Crippen molar-refractivity contribution in [3.8, 4) is 11.4 Å². The van der Waals surface area contributed by atoms with Crippen molar-refractivity contribution in [3.05, 3.63) is 60.0 Å². The van der Waals surface area contributed by atoms with Crippen LogP contribution in [0.4, 0.5) is 20.2 Å². The molecule has 1 saturated heterocycles. The van der Waals surface area contributed by atoms with Crippen LogP contribution >= 0.6 is 0 Å². The zero-order valence-corrected chi connectivity index (χ0v) is 16.6. The Kier molecular flexibility index (Phi) is 6.01. The first-order valence-electron chi connectivity index (χ1n) is 9.98. The second kappa shape index (κ2) is 9.03. The molecule has 0 atom stereocenters. The fourth-order valence-corrected chi connectivity index (χ4v) is 3.40. The van der Waals surface area contributed by atoms with E-state index >= 15 is 0 Å². The number of aryl methyl sites for hydroxylation is 1. The van der Waals surface area contributed by atoms with Crippen LogP contribution in [0.15, 0.2) is 47.0 Å². The Labute approximate surface area is 177 Å². The smallest absolute Gasteiger partial charge is 0.227 e. The normalized spacial score (nSPS) is 13.6. The molecule has 0 radical (unpaired) electrons. The Hall–Kier alpha value is -3.62. The maximum absolute atomic E-state index is 14.4. The Morgan fingerprint density at radius 1 is 1.16 bits per heavy atom. The lowest BCUT2D eigenvalue weighted by molar-refractivity contribution is -0.117. The first-order chi connectivity index (χ1) is 15.0. The minimum Gasteiger partial charge on any atom is -0.339 e. The van der Waals surface area contributed by atoms with E-state index in [0.717, 1.165) is 0 Å². The molecule has 0 spiro atoms. The second-order valence-corrected chi connectivity index (χ2v) is 7.24. The molecule has 2 heterocycles. The van der Waals surface area contributed by atoms with Crippen LogP contribution in [-0.2, 0) is 16.0 Å². The minimum atomic E-state index is -0.549. The van der Waals surface area contributed by atoms with Gasteiger partial charge in [0.2, 0.25) is 23.5 Å². The summed E-state index contributed by atoms with van der Waals surface area (Å²) in [5, 5.41) is 6.51. The molecular formula is C22H20F2N4O3. The van der Waals surface area contributed by atoms with E-state index in [4.69, 9.17) is 4.52 Å². The zero-order valence-electron chi connectivity index (χ0n) is 16.6. The van der Waals surface area contributed by atoms with Gasteiger partial charge in [-0.3, -0.25) is 9.59 Å². The number of carbonyl (C=O) groups is 2. The fraction of sp³-hybridized carbons (Fsp3) is 0.273. The summed E-state index contributed by atoms with van der Waals surface area (Å²) in [6.45, 7) is 0.500. The van der Waals surface area contributed by atoms with Gasteiger partial charge in [-0.15, -0.1) is 0 Å². The van der Waals surface area contributed by atoms with Crippen molar-refractivity contribution >= 4 is 23.2 Å². The topological polar surface area (TPSA) is 88.3 Å². The van der Waals surface area contributed by atoms with Gasteiger partial charge >= 0.3 is 0 Å². The third-order valence-corrected chi connectivity index (χ3v) is 4.96. The van der Waals surface area contributed by atoms with Crippen LogP contribution in [0.2, 0.25) is 0 Å². The number of hydrogen-bond acceptors (Lipinski definition) is 5. The number of nitrogens with zero attached hydrogens (tertiary/aromatic N) is 3. The third kappa shape index (κ3) is 4.93. The van der Waals surface area contributed by atoms with Crippen molar-refractivity contribution in [2.45, 2.75) is 32.1 Å². The average Bonchev–Trinajstić information content (AvgIpc) is 3.38. The summed E-state index contributed by atoms with van der Waals surface area (Å²) < 4.78 is 32.5. The summed E-state index contributed by atoms with van der Waals surface area (Å²) in [4.78, 5) is 29.6. The first-order valence-corrected chi connectivity index (χ1v) is 9.98. The largest absolute Gasteiger partial charge is 0.339 e. The van der Waals surface area contributed by atoms with Crippen LogP contribution in [-0.4, -0.2) is 28.5 Å². The lowest BCUT2D eigenvalue weighted by Gasteiger charge is -2.17. The highest BCUT2D eigenvalue weighted by atomic mass is 19.1. The Morgan fingerprint density at radius 2 is 1.97 bits per heavy atom. The van der Waals surface area contributed by atoms with E-state index in [-0.39, 0.29) is 29.7 Å². The molecule has 7 nitrogen and oxygen atoms in total. The highest BCUT2D eigenvalue weighted by Crippen LogP contribution is 2.27. The maximum Gasteiger partial charge on any atom is 0.227 e. The van der Waals surface area contributed by atoms with Crippen molar-refractivity contribution < 1.29 is 22.9 Å². The molecule has 0 aliphatic carbocycles. The molecule has 0 unspecified atom stereocenters. The molecule has 1 fully saturated rings. The average molecular weight is 426 g/mol. The molecule has 1 aliphatic rings. The molecule has 1 N–H and O–H groups in total. The van der Waals surface area contributed by atoms with Crippen molar-refractivity contribution in [2.24, 2.45) is 0 Å². The molecule has 0 saturated carbocycles. The Morgan fingerprint density at radius 3 is 2.68 bits per heavy atom. The number of benzene rings is 2. The maximum atomic E-state index is 14.4. The molecule has 2 aromatic carbocycles. The van der Waals surface area contributed by atoms with Gasteiger partial charge in [-0.1, -0.05) is 5.16 Å². The molecule has 1 aliphatic heterocycles. The molecular weight excluding hydrogens is 406 g/mol. The minimum absolute atomic E-state index is 0.0979. The number of rotatable bonds is 7. The van der Waals surface area contributed by atoms with E-state index in [1.54, 1.807) is 18.2 Å². The van der Waals surface area contributed by atoms with Crippen LogP contribution in [0, 0.1) is 11.6 Å². The van der Waals surface area contributed by atoms with E-state index in [9.17, 15) is 18.4 Å². The Bertz CT molecular complexity index is 1100. The lowest BCUT2D eigenvalue weighted by Crippen LogP contribution is -2.24. The monoisotopic (exact) mass is 426 g/mol. The van der Waals surface area contributed by atoms with Gasteiger partial charge in [0.25, 0.3) is 0 Å². The van der Waals surface area contributed by atoms with Gasteiger partial charge in [-0.05, 0) is 55.3 Å². The van der Waals surface area contributed by atoms with Gasteiger partial charge in [-0.25, -0.2) is 8.78 Å². The van der Waals surface area contributed by atoms with Gasteiger partial charge < -0.3 is 14.7 Å². The molecule has 9 heteroatoms. The lowest BCUT2D eigenvalue weighted by atomic mass is 10.2. The van der Waals surface area contributed by atoms with Crippen LogP contribution in [0.1, 0.15) is 31.6 Å². The molecule has 1 aromatic heterocycles.